The fraction of sp³-hybridized carbons (Fsp3) is 0.133. The van der Waals surface area contributed by atoms with Crippen molar-refractivity contribution in [3.8, 4) is 11.3 Å². The Morgan fingerprint density at radius 3 is 2.74 bits per heavy atom. The summed E-state index contributed by atoms with van der Waals surface area (Å²) < 4.78 is 0.654. The van der Waals surface area contributed by atoms with Crippen molar-refractivity contribution in [2.24, 2.45) is 0 Å². The highest BCUT2D eigenvalue weighted by Crippen LogP contribution is 2.26. The lowest BCUT2D eigenvalue weighted by atomic mass is 10.1. The van der Waals surface area contributed by atoms with Crippen LogP contribution < -0.4 is 0 Å². The van der Waals surface area contributed by atoms with Crippen LogP contribution in [0.3, 0.4) is 0 Å². The number of pyridine rings is 1. The summed E-state index contributed by atoms with van der Waals surface area (Å²) in [6, 6.07) is 10.0. The van der Waals surface area contributed by atoms with Gasteiger partial charge in [-0.05, 0) is 19.9 Å². The van der Waals surface area contributed by atoms with Gasteiger partial charge >= 0.3 is 0 Å². The molecule has 0 spiro atoms. The summed E-state index contributed by atoms with van der Waals surface area (Å²) in [5.74, 6) is 0. The number of nitrogens with zero attached hydrogens (tertiary/aromatic N) is 2. The van der Waals surface area contributed by atoms with Gasteiger partial charge in [0.2, 0.25) is 0 Å². The van der Waals surface area contributed by atoms with Crippen molar-refractivity contribution in [1.82, 2.24) is 15.0 Å². The summed E-state index contributed by atoms with van der Waals surface area (Å²) in [6.45, 7) is 3.95. The van der Waals surface area contributed by atoms with Crippen molar-refractivity contribution < 1.29 is 0 Å². The predicted molar refractivity (Wildman–Crippen MR) is 79.6 cm³/mol. The first-order chi connectivity index (χ1) is 9.16. The molecule has 4 heteroatoms. The lowest BCUT2D eigenvalue weighted by Gasteiger charge is -2.08. The van der Waals surface area contributed by atoms with Gasteiger partial charge in [0.25, 0.3) is 0 Å². The Kier molecular flexibility index (Phi) is 2.87. The highest BCUT2D eigenvalue weighted by Gasteiger charge is 2.09. The van der Waals surface area contributed by atoms with Crippen LogP contribution in [-0.4, -0.2) is 15.0 Å². The van der Waals surface area contributed by atoms with Crippen LogP contribution in [0, 0.1) is 18.5 Å². The van der Waals surface area contributed by atoms with Crippen molar-refractivity contribution in [2.45, 2.75) is 13.8 Å². The summed E-state index contributed by atoms with van der Waals surface area (Å²) in [4.78, 5) is 12.3. The first-order valence-electron chi connectivity index (χ1n) is 6.08. The number of aromatic amines is 1. The molecule has 19 heavy (non-hydrogen) atoms. The highest BCUT2D eigenvalue weighted by atomic mass is 32.1. The van der Waals surface area contributed by atoms with E-state index in [1.54, 1.807) is 6.20 Å². The number of aryl methyl sites for hydroxylation is 2. The van der Waals surface area contributed by atoms with Gasteiger partial charge in [-0.25, -0.2) is 4.98 Å². The largest absolute Gasteiger partial charge is 0.347 e. The summed E-state index contributed by atoms with van der Waals surface area (Å²) in [6.07, 6.45) is 1.79. The average molecular weight is 267 g/mol. The quantitative estimate of drug-likeness (QED) is 0.678. The minimum Gasteiger partial charge on any atom is -0.347 e. The molecule has 2 heterocycles. The number of H-pyrrole nitrogens is 1. The first-order valence-corrected chi connectivity index (χ1v) is 6.49. The monoisotopic (exact) mass is 267 g/mol. The maximum absolute atomic E-state index is 5.40. The van der Waals surface area contributed by atoms with E-state index in [4.69, 9.17) is 12.2 Å². The van der Waals surface area contributed by atoms with E-state index in [1.165, 1.54) is 0 Å². The number of benzene rings is 1. The third kappa shape index (κ3) is 2.04. The first kappa shape index (κ1) is 12.0. The molecule has 3 aromatic rings. The lowest BCUT2D eigenvalue weighted by molar-refractivity contribution is 1.04. The van der Waals surface area contributed by atoms with E-state index in [0.29, 0.717) is 4.64 Å². The number of nitrogens with one attached hydrogen (secondary N) is 1. The normalized spacial score (nSPS) is 10.8. The zero-order valence-electron chi connectivity index (χ0n) is 10.8. The Morgan fingerprint density at radius 2 is 1.89 bits per heavy atom. The topological polar surface area (TPSA) is 41.6 Å². The Labute approximate surface area is 116 Å². The molecular formula is C15H13N3S. The van der Waals surface area contributed by atoms with E-state index < -0.39 is 0 Å². The van der Waals surface area contributed by atoms with E-state index in [2.05, 4.69) is 15.0 Å². The van der Waals surface area contributed by atoms with Crippen molar-refractivity contribution >= 4 is 23.1 Å². The van der Waals surface area contributed by atoms with Gasteiger partial charge in [0.1, 0.15) is 10.3 Å². The van der Waals surface area contributed by atoms with Crippen LogP contribution in [0.1, 0.15) is 11.4 Å². The molecule has 0 aliphatic carbocycles. The zero-order chi connectivity index (χ0) is 13.4. The van der Waals surface area contributed by atoms with Gasteiger partial charge in [-0.15, -0.1) is 0 Å². The van der Waals surface area contributed by atoms with E-state index in [9.17, 15) is 0 Å². The van der Waals surface area contributed by atoms with Gasteiger partial charge in [0, 0.05) is 22.8 Å². The second-order valence-electron chi connectivity index (χ2n) is 4.51. The standard InChI is InChI=1S/C15H13N3S/c1-9-10(2)18-15(19)14(17-9)12-7-3-5-11-6-4-8-16-13(11)12/h3-8H,1-2H3,(H,18,19). The van der Waals surface area contributed by atoms with E-state index in [1.807, 2.05) is 44.2 Å². The molecule has 2 aromatic heterocycles. The van der Waals surface area contributed by atoms with Gasteiger partial charge in [0.05, 0.1) is 11.2 Å². The molecule has 3 rings (SSSR count). The van der Waals surface area contributed by atoms with Gasteiger partial charge in [-0.1, -0.05) is 36.5 Å². The second-order valence-corrected chi connectivity index (χ2v) is 4.91. The maximum atomic E-state index is 5.40. The molecule has 0 radical (unpaired) electrons. The molecule has 0 fully saturated rings. The van der Waals surface area contributed by atoms with Crippen molar-refractivity contribution in [2.75, 3.05) is 0 Å². The van der Waals surface area contributed by atoms with E-state index >= 15 is 0 Å². The minimum atomic E-state index is 0.654. The van der Waals surface area contributed by atoms with Gasteiger partial charge in [0.15, 0.2) is 0 Å². The smallest absolute Gasteiger partial charge is 0.130 e. The summed E-state index contributed by atoms with van der Waals surface area (Å²) in [5.41, 5.74) is 4.66. The zero-order valence-corrected chi connectivity index (χ0v) is 11.6. The molecule has 1 N–H and O–H groups in total. The lowest BCUT2D eigenvalue weighted by Crippen LogP contribution is -1.97. The fourth-order valence-electron chi connectivity index (χ4n) is 2.10. The van der Waals surface area contributed by atoms with Crippen molar-refractivity contribution in [1.29, 1.82) is 0 Å². The molecule has 3 nitrogen and oxygen atoms in total. The van der Waals surface area contributed by atoms with Crippen LogP contribution in [-0.2, 0) is 0 Å². The molecule has 0 saturated heterocycles. The maximum Gasteiger partial charge on any atom is 0.130 e. The van der Waals surface area contributed by atoms with E-state index in [-0.39, 0.29) is 0 Å². The molecule has 0 atom stereocenters. The van der Waals surface area contributed by atoms with Crippen LogP contribution in [0.25, 0.3) is 22.2 Å². The van der Waals surface area contributed by atoms with Crippen LogP contribution in [0.15, 0.2) is 36.5 Å². The molecule has 0 bridgehead atoms. The molecule has 1 aromatic carbocycles. The third-order valence-electron chi connectivity index (χ3n) is 3.23. The predicted octanol–water partition coefficient (Wildman–Crippen LogP) is 3.97. The van der Waals surface area contributed by atoms with E-state index in [0.717, 1.165) is 33.5 Å². The molecule has 94 valence electrons. The summed E-state index contributed by atoms with van der Waals surface area (Å²) >= 11 is 5.40. The SMILES string of the molecule is Cc1nc(-c2cccc3cccnc23)c(=S)[nH]c1C. The van der Waals surface area contributed by atoms with Crippen LogP contribution in [0.5, 0.6) is 0 Å². The molecule has 0 amide bonds. The molecule has 0 saturated carbocycles. The van der Waals surface area contributed by atoms with Crippen LogP contribution in [0.4, 0.5) is 0 Å². The Morgan fingerprint density at radius 1 is 1.11 bits per heavy atom. The van der Waals surface area contributed by atoms with Crippen LogP contribution >= 0.6 is 12.2 Å². The number of hydrogen-bond acceptors (Lipinski definition) is 3. The fourth-order valence-corrected chi connectivity index (χ4v) is 2.41. The third-order valence-corrected chi connectivity index (χ3v) is 3.52. The van der Waals surface area contributed by atoms with Crippen molar-refractivity contribution in [3.05, 3.63) is 52.6 Å². The van der Waals surface area contributed by atoms with Crippen LogP contribution in [0.2, 0.25) is 0 Å². The highest BCUT2D eigenvalue weighted by molar-refractivity contribution is 7.71. The van der Waals surface area contributed by atoms with Gasteiger partial charge in [-0.2, -0.15) is 0 Å². The number of rotatable bonds is 1. The number of fused-ring (bicyclic) bond motifs is 1. The van der Waals surface area contributed by atoms with Crippen molar-refractivity contribution in [3.63, 3.8) is 0 Å². The summed E-state index contributed by atoms with van der Waals surface area (Å²) in [5, 5.41) is 1.09. The molecule has 0 aliphatic heterocycles. The minimum absolute atomic E-state index is 0.654. The van der Waals surface area contributed by atoms with Gasteiger partial charge in [-0.3, -0.25) is 4.98 Å². The summed E-state index contributed by atoms with van der Waals surface area (Å²) in [7, 11) is 0. The average Bonchev–Trinajstić information content (AvgIpc) is 2.42. The second kappa shape index (κ2) is 4.55. The van der Waals surface area contributed by atoms with Gasteiger partial charge < -0.3 is 4.98 Å². The Balaban J connectivity index is 2.37. The number of hydrogen-bond donors (Lipinski definition) is 1. The molecule has 0 aliphatic rings. The molecule has 0 unspecified atom stereocenters. The Hall–Kier alpha value is -2.07. The Bertz CT molecular complexity index is 816. The number of aromatic nitrogens is 3. The number of para-hydroxylation sites is 1. The molecular weight excluding hydrogens is 254 g/mol.